The zero-order valence-electron chi connectivity index (χ0n) is 15.4. The number of piperazine rings is 1. The maximum absolute atomic E-state index is 6.14. The molecule has 6 nitrogen and oxygen atoms in total. The van der Waals surface area contributed by atoms with Gasteiger partial charge in [0, 0.05) is 43.4 Å². The molecule has 0 bridgehead atoms. The molecule has 2 aromatic carbocycles. The molecule has 0 aliphatic carbocycles. The normalized spacial score (nSPS) is 14.8. The molecule has 0 spiro atoms. The molecule has 136 valence electrons. The van der Waals surface area contributed by atoms with E-state index in [1.165, 1.54) is 5.56 Å². The van der Waals surface area contributed by atoms with E-state index < -0.39 is 0 Å². The van der Waals surface area contributed by atoms with Crippen molar-refractivity contribution in [2.75, 3.05) is 49.6 Å². The van der Waals surface area contributed by atoms with Crippen molar-refractivity contribution in [3.63, 3.8) is 0 Å². The van der Waals surface area contributed by atoms with E-state index in [-0.39, 0.29) is 0 Å². The van der Waals surface area contributed by atoms with Crippen LogP contribution in [0.15, 0.2) is 48.9 Å². The van der Waals surface area contributed by atoms with Crippen LogP contribution in [-0.4, -0.2) is 48.1 Å². The molecule has 1 aromatic heterocycles. The van der Waals surface area contributed by atoms with Crippen LogP contribution in [0.1, 0.15) is 5.56 Å². The molecule has 4 N–H and O–H groups in total. The van der Waals surface area contributed by atoms with E-state index >= 15 is 0 Å². The molecule has 0 radical (unpaired) electrons. The summed E-state index contributed by atoms with van der Waals surface area (Å²) in [5.74, 6) is 0. The number of likely N-dealkylation sites (N-methyl/N-ethyl adjacent to an activating group) is 1. The Morgan fingerprint density at radius 3 is 2.42 bits per heavy atom. The summed E-state index contributed by atoms with van der Waals surface area (Å²) in [6, 6.07) is 11.8. The van der Waals surface area contributed by atoms with Crippen molar-refractivity contribution in [3.8, 4) is 0 Å². The number of nitrogens with zero attached hydrogens (tertiary/aromatic N) is 4. The molecule has 4 rings (SSSR count). The SMILES string of the molecule is CN1CCN(c2cc3ncncc3cc2N)CC1.Cc1cccc(N)c1. The van der Waals surface area contributed by atoms with Crippen molar-refractivity contribution in [1.29, 1.82) is 0 Å². The zero-order valence-corrected chi connectivity index (χ0v) is 15.4. The number of hydrogen-bond donors (Lipinski definition) is 2. The van der Waals surface area contributed by atoms with Crippen LogP contribution in [0.4, 0.5) is 17.1 Å². The molecular formula is C20H26N6. The van der Waals surface area contributed by atoms with Gasteiger partial charge >= 0.3 is 0 Å². The Kier molecular flexibility index (Phi) is 5.53. The summed E-state index contributed by atoms with van der Waals surface area (Å²) in [6.07, 6.45) is 3.37. The van der Waals surface area contributed by atoms with Crippen molar-refractivity contribution in [1.82, 2.24) is 14.9 Å². The number of benzene rings is 2. The fourth-order valence-electron chi connectivity index (χ4n) is 3.03. The fourth-order valence-corrected chi connectivity index (χ4v) is 3.03. The number of aromatic nitrogens is 2. The third-order valence-electron chi connectivity index (χ3n) is 4.54. The van der Waals surface area contributed by atoms with E-state index in [0.717, 1.165) is 54.1 Å². The third-order valence-corrected chi connectivity index (χ3v) is 4.54. The largest absolute Gasteiger partial charge is 0.399 e. The standard InChI is InChI=1S/C13H17N5.C7H9N/c1-17-2-4-18(5-3-17)13-7-12-10(6-11(13)14)8-15-9-16-12;1-6-3-2-4-7(8)5-6/h6-9H,2-5,14H2,1H3;2-5H,8H2,1H3. The molecule has 2 heterocycles. The van der Waals surface area contributed by atoms with E-state index in [9.17, 15) is 0 Å². The lowest BCUT2D eigenvalue weighted by Crippen LogP contribution is -2.44. The zero-order chi connectivity index (χ0) is 18.5. The minimum absolute atomic E-state index is 0.807. The highest BCUT2D eigenvalue weighted by Crippen LogP contribution is 2.28. The molecule has 3 aromatic rings. The first-order valence-electron chi connectivity index (χ1n) is 8.78. The van der Waals surface area contributed by atoms with Gasteiger partial charge in [-0.2, -0.15) is 0 Å². The summed E-state index contributed by atoms with van der Waals surface area (Å²) in [7, 11) is 2.15. The maximum atomic E-state index is 6.14. The van der Waals surface area contributed by atoms with Crippen molar-refractivity contribution in [2.24, 2.45) is 0 Å². The van der Waals surface area contributed by atoms with Gasteiger partial charge in [0.2, 0.25) is 0 Å². The van der Waals surface area contributed by atoms with Crippen molar-refractivity contribution >= 4 is 28.0 Å². The van der Waals surface area contributed by atoms with Crippen LogP contribution < -0.4 is 16.4 Å². The monoisotopic (exact) mass is 350 g/mol. The van der Waals surface area contributed by atoms with Crippen LogP contribution in [0.3, 0.4) is 0 Å². The van der Waals surface area contributed by atoms with E-state index in [2.05, 4.69) is 32.9 Å². The first-order chi connectivity index (χ1) is 12.5. The van der Waals surface area contributed by atoms with Crippen molar-refractivity contribution < 1.29 is 0 Å². The second kappa shape index (κ2) is 8.01. The summed E-state index contributed by atoms with van der Waals surface area (Å²) in [6.45, 7) is 6.19. The lowest BCUT2D eigenvalue weighted by molar-refractivity contribution is 0.313. The molecular weight excluding hydrogens is 324 g/mol. The van der Waals surface area contributed by atoms with Gasteiger partial charge < -0.3 is 21.3 Å². The predicted octanol–water partition coefficient (Wildman–Crippen LogP) is 2.54. The maximum Gasteiger partial charge on any atom is 0.116 e. The van der Waals surface area contributed by atoms with Crippen LogP contribution >= 0.6 is 0 Å². The van der Waals surface area contributed by atoms with E-state index in [1.54, 1.807) is 12.5 Å². The predicted molar refractivity (Wildman–Crippen MR) is 109 cm³/mol. The summed E-state index contributed by atoms with van der Waals surface area (Å²) in [4.78, 5) is 13.0. The molecule has 0 amide bonds. The molecule has 1 aliphatic rings. The van der Waals surface area contributed by atoms with Crippen LogP contribution in [0, 0.1) is 6.92 Å². The highest BCUT2D eigenvalue weighted by molar-refractivity contribution is 5.88. The Morgan fingerprint density at radius 2 is 1.77 bits per heavy atom. The van der Waals surface area contributed by atoms with Crippen LogP contribution in [0.25, 0.3) is 10.9 Å². The Labute approximate surface area is 154 Å². The van der Waals surface area contributed by atoms with Gasteiger partial charge in [0.25, 0.3) is 0 Å². The smallest absolute Gasteiger partial charge is 0.116 e. The molecule has 1 fully saturated rings. The minimum atomic E-state index is 0.807. The molecule has 0 unspecified atom stereocenters. The molecule has 26 heavy (non-hydrogen) atoms. The summed E-state index contributed by atoms with van der Waals surface area (Å²) in [5.41, 5.74) is 16.5. The number of fused-ring (bicyclic) bond motifs is 1. The highest BCUT2D eigenvalue weighted by Gasteiger charge is 2.16. The van der Waals surface area contributed by atoms with Crippen LogP contribution in [-0.2, 0) is 0 Å². The van der Waals surface area contributed by atoms with E-state index in [0.29, 0.717) is 0 Å². The third kappa shape index (κ3) is 4.40. The number of hydrogen-bond acceptors (Lipinski definition) is 6. The van der Waals surface area contributed by atoms with Crippen molar-refractivity contribution in [3.05, 3.63) is 54.5 Å². The fraction of sp³-hybridized carbons (Fsp3) is 0.300. The summed E-state index contributed by atoms with van der Waals surface area (Å²) in [5, 5.41) is 0.993. The molecule has 1 aliphatic heterocycles. The number of nitrogen functional groups attached to an aromatic ring is 2. The van der Waals surface area contributed by atoms with Crippen molar-refractivity contribution in [2.45, 2.75) is 6.92 Å². The van der Waals surface area contributed by atoms with Gasteiger partial charge in [-0.15, -0.1) is 0 Å². The first-order valence-corrected chi connectivity index (χ1v) is 8.78. The molecule has 6 heteroatoms. The highest BCUT2D eigenvalue weighted by atomic mass is 15.2. The quantitative estimate of drug-likeness (QED) is 0.656. The topological polar surface area (TPSA) is 84.3 Å². The van der Waals surface area contributed by atoms with Crippen LogP contribution in [0.2, 0.25) is 0 Å². The summed E-state index contributed by atoms with van der Waals surface area (Å²) < 4.78 is 0. The second-order valence-corrected chi connectivity index (χ2v) is 6.70. The van der Waals surface area contributed by atoms with Gasteiger partial charge in [-0.25, -0.2) is 9.97 Å². The molecule has 0 saturated carbocycles. The Balaban J connectivity index is 0.000000206. The Bertz CT molecular complexity index is 854. The Morgan fingerprint density at radius 1 is 1.00 bits per heavy atom. The van der Waals surface area contributed by atoms with Gasteiger partial charge in [-0.3, -0.25) is 0 Å². The van der Waals surface area contributed by atoms with E-state index in [1.807, 2.05) is 37.3 Å². The molecule has 0 atom stereocenters. The van der Waals surface area contributed by atoms with Gasteiger partial charge in [0.15, 0.2) is 0 Å². The first kappa shape index (κ1) is 17.9. The number of nitrogens with two attached hydrogens (primary N) is 2. The lowest BCUT2D eigenvalue weighted by atomic mass is 10.1. The summed E-state index contributed by atoms with van der Waals surface area (Å²) >= 11 is 0. The average Bonchev–Trinajstić information content (AvgIpc) is 2.62. The Hall–Kier alpha value is -2.86. The van der Waals surface area contributed by atoms with E-state index in [4.69, 9.17) is 11.5 Å². The van der Waals surface area contributed by atoms with Crippen LogP contribution in [0.5, 0.6) is 0 Å². The number of rotatable bonds is 1. The number of anilines is 3. The van der Waals surface area contributed by atoms with Gasteiger partial charge in [0.05, 0.1) is 16.9 Å². The lowest BCUT2D eigenvalue weighted by Gasteiger charge is -2.34. The van der Waals surface area contributed by atoms with Gasteiger partial charge in [0.1, 0.15) is 6.33 Å². The van der Waals surface area contributed by atoms with Gasteiger partial charge in [-0.1, -0.05) is 12.1 Å². The minimum Gasteiger partial charge on any atom is -0.399 e. The van der Waals surface area contributed by atoms with Gasteiger partial charge in [-0.05, 0) is 43.8 Å². The average molecular weight is 350 g/mol. The second-order valence-electron chi connectivity index (χ2n) is 6.70. The molecule has 1 saturated heterocycles. The number of aryl methyl sites for hydroxylation is 1.